The van der Waals surface area contributed by atoms with Crippen molar-refractivity contribution in [1.29, 1.82) is 0 Å². The van der Waals surface area contributed by atoms with Gasteiger partial charge >= 0.3 is 12.4 Å². The van der Waals surface area contributed by atoms with Gasteiger partial charge in [0.15, 0.2) is 13.2 Å². The maximum Gasteiger partial charge on any atom is 0.422 e. The highest BCUT2D eigenvalue weighted by molar-refractivity contribution is 7.89. The van der Waals surface area contributed by atoms with Crippen molar-refractivity contribution < 1.29 is 44.2 Å². The standard InChI is InChI=1S/C21H24F6N2O4S/c1-3-29(16-6-4-5-15(2)11-16)10-9-28-34(30,31)19-12-17(32-13-20(22,23)24)7-8-18(19)33-14-21(25,26)27/h4-8,11-12,28H,3,9-10,13-14H2,1-2H3. The normalized spacial score (nSPS) is 12.5. The average Bonchev–Trinajstić information content (AvgIpc) is 2.73. The Morgan fingerprint density at radius 1 is 0.941 bits per heavy atom. The van der Waals surface area contributed by atoms with Gasteiger partial charge in [-0.25, -0.2) is 13.1 Å². The first-order valence-electron chi connectivity index (χ1n) is 10.0. The smallest absolute Gasteiger partial charge is 0.422 e. The summed E-state index contributed by atoms with van der Waals surface area (Å²) in [6, 6.07) is 9.89. The number of ether oxygens (including phenoxy) is 2. The van der Waals surface area contributed by atoms with Crippen molar-refractivity contribution in [2.75, 3.05) is 37.7 Å². The number of aryl methyl sites for hydroxylation is 1. The van der Waals surface area contributed by atoms with Crippen molar-refractivity contribution in [3.63, 3.8) is 0 Å². The Balaban J connectivity index is 2.21. The van der Waals surface area contributed by atoms with Crippen molar-refractivity contribution in [2.45, 2.75) is 31.1 Å². The van der Waals surface area contributed by atoms with Gasteiger partial charge in [-0.3, -0.25) is 0 Å². The van der Waals surface area contributed by atoms with Gasteiger partial charge in [-0.05, 0) is 43.7 Å². The van der Waals surface area contributed by atoms with E-state index in [-0.39, 0.29) is 13.1 Å². The molecule has 2 rings (SSSR count). The minimum absolute atomic E-state index is 0.129. The molecule has 0 unspecified atom stereocenters. The van der Waals surface area contributed by atoms with Crippen LogP contribution in [0.2, 0.25) is 0 Å². The number of hydrogen-bond donors (Lipinski definition) is 1. The number of nitrogens with one attached hydrogen (secondary N) is 1. The number of halogens is 6. The average molecular weight is 514 g/mol. The molecule has 0 heterocycles. The summed E-state index contributed by atoms with van der Waals surface area (Å²) in [6.07, 6.45) is -9.45. The van der Waals surface area contributed by atoms with Crippen LogP contribution in [0.25, 0.3) is 0 Å². The third-order valence-electron chi connectivity index (χ3n) is 4.42. The van der Waals surface area contributed by atoms with E-state index in [1.54, 1.807) is 0 Å². The molecule has 2 aromatic carbocycles. The molecule has 0 amide bonds. The summed E-state index contributed by atoms with van der Waals surface area (Å²) in [5.74, 6) is -1.16. The summed E-state index contributed by atoms with van der Waals surface area (Å²) in [5.41, 5.74) is 1.84. The van der Waals surface area contributed by atoms with Gasteiger partial charge in [0, 0.05) is 31.4 Å². The van der Waals surface area contributed by atoms with Crippen LogP contribution < -0.4 is 19.1 Å². The molecule has 190 valence electrons. The summed E-state index contributed by atoms with van der Waals surface area (Å²) in [5, 5.41) is 0. The van der Waals surface area contributed by atoms with E-state index in [1.807, 2.05) is 43.0 Å². The predicted octanol–water partition coefficient (Wildman–Crippen LogP) is 4.68. The molecule has 0 aliphatic carbocycles. The molecule has 0 atom stereocenters. The van der Waals surface area contributed by atoms with Crippen molar-refractivity contribution >= 4 is 15.7 Å². The van der Waals surface area contributed by atoms with Crippen molar-refractivity contribution in [2.24, 2.45) is 0 Å². The van der Waals surface area contributed by atoms with Gasteiger partial charge in [-0.15, -0.1) is 0 Å². The molecule has 0 saturated carbocycles. The minimum atomic E-state index is -4.75. The largest absolute Gasteiger partial charge is 0.484 e. The maximum atomic E-state index is 12.8. The first-order valence-corrected chi connectivity index (χ1v) is 11.5. The van der Waals surface area contributed by atoms with Gasteiger partial charge in [0.1, 0.15) is 16.4 Å². The third kappa shape index (κ3) is 8.93. The second kappa shape index (κ2) is 11.2. The molecule has 0 spiro atoms. The van der Waals surface area contributed by atoms with Crippen LogP contribution >= 0.6 is 0 Å². The molecular weight excluding hydrogens is 490 g/mol. The minimum Gasteiger partial charge on any atom is -0.484 e. The van der Waals surface area contributed by atoms with Crippen molar-refractivity contribution in [3.05, 3.63) is 48.0 Å². The number of sulfonamides is 1. The molecule has 34 heavy (non-hydrogen) atoms. The zero-order valence-electron chi connectivity index (χ0n) is 18.3. The lowest BCUT2D eigenvalue weighted by Crippen LogP contribution is -2.35. The van der Waals surface area contributed by atoms with Gasteiger partial charge in [0.05, 0.1) is 0 Å². The first kappa shape index (κ1) is 27.6. The van der Waals surface area contributed by atoms with Crippen LogP contribution in [-0.2, 0) is 10.0 Å². The Labute approximate surface area is 193 Å². The first-order chi connectivity index (χ1) is 15.7. The number of rotatable bonds is 11. The second-order valence-electron chi connectivity index (χ2n) is 7.23. The lowest BCUT2D eigenvalue weighted by molar-refractivity contribution is -0.154. The van der Waals surface area contributed by atoms with E-state index >= 15 is 0 Å². The number of anilines is 1. The molecule has 0 aromatic heterocycles. The van der Waals surface area contributed by atoms with E-state index in [0.29, 0.717) is 12.6 Å². The SMILES string of the molecule is CCN(CCNS(=O)(=O)c1cc(OCC(F)(F)F)ccc1OCC(F)(F)F)c1cccc(C)c1. The van der Waals surface area contributed by atoms with E-state index in [9.17, 15) is 34.8 Å². The Kier molecular flexibility index (Phi) is 9.06. The highest BCUT2D eigenvalue weighted by atomic mass is 32.2. The van der Waals surface area contributed by atoms with Crippen LogP contribution in [0.3, 0.4) is 0 Å². The van der Waals surface area contributed by atoms with E-state index in [2.05, 4.69) is 14.2 Å². The Morgan fingerprint density at radius 2 is 1.59 bits per heavy atom. The topological polar surface area (TPSA) is 67.9 Å². The van der Waals surface area contributed by atoms with Gasteiger partial charge in [0.25, 0.3) is 0 Å². The fourth-order valence-electron chi connectivity index (χ4n) is 2.92. The van der Waals surface area contributed by atoms with E-state index in [4.69, 9.17) is 0 Å². The second-order valence-corrected chi connectivity index (χ2v) is 8.97. The quantitative estimate of drug-likeness (QED) is 0.441. The summed E-state index contributed by atoms with van der Waals surface area (Å²) in [7, 11) is -4.46. The highest BCUT2D eigenvalue weighted by Gasteiger charge is 2.31. The summed E-state index contributed by atoms with van der Waals surface area (Å²) < 4.78 is 112. The van der Waals surface area contributed by atoms with E-state index in [1.165, 1.54) is 0 Å². The van der Waals surface area contributed by atoms with Crippen LogP contribution in [0.4, 0.5) is 32.0 Å². The van der Waals surface area contributed by atoms with Crippen LogP contribution in [0, 0.1) is 6.92 Å². The van der Waals surface area contributed by atoms with Crippen LogP contribution in [0.1, 0.15) is 12.5 Å². The van der Waals surface area contributed by atoms with Gasteiger partial charge < -0.3 is 14.4 Å². The third-order valence-corrected chi connectivity index (χ3v) is 5.90. The zero-order valence-corrected chi connectivity index (χ0v) is 19.1. The Bertz CT molecular complexity index is 1060. The Hall–Kier alpha value is -2.67. The number of nitrogens with zero attached hydrogens (tertiary/aromatic N) is 1. The predicted molar refractivity (Wildman–Crippen MR) is 114 cm³/mol. The lowest BCUT2D eigenvalue weighted by atomic mass is 10.2. The molecule has 0 bridgehead atoms. The number of hydrogen-bond acceptors (Lipinski definition) is 5. The Morgan fingerprint density at radius 3 is 2.18 bits per heavy atom. The molecule has 0 fully saturated rings. The van der Waals surface area contributed by atoms with E-state index in [0.717, 1.165) is 23.4 Å². The van der Waals surface area contributed by atoms with Gasteiger partial charge in [-0.2, -0.15) is 26.3 Å². The fourth-order valence-corrected chi connectivity index (χ4v) is 4.10. The monoisotopic (exact) mass is 514 g/mol. The highest BCUT2D eigenvalue weighted by Crippen LogP contribution is 2.31. The van der Waals surface area contributed by atoms with Crippen molar-refractivity contribution in [3.8, 4) is 11.5 Å². The molecule has 0 radical (unpaired) electrons. The molecule has 1 N–H and O–H groups in total. The van der Waals surface area contributed by atoms with Crippen LogP contribution in [-0.4, -0.2) is 53.6 Å². The van der Waals surface area contributed by atoms with Gasteiger partial charge in [-0.1, -0.05) is 12.1 Å². The molecular formula is C21H24F6N2O4S. The van der Waals surface area contributed by atoms with Crippen LogP contribution in [0.5, 0.6) is 11.5 Å². The maximum absolute atomic E-state index is 12.8. The van der Waals surface area contributed by atoms with Crippen LogP contribution in [0.15, 0.2) is 47.4 Å². The van der Waals surface area contributed by atoms with Crippen molar-refractivity contribution in [1.82, 2.24) is 4.72 Å². The molecule has 0 saturated heterocycles. The molecule has 13 heteroatoms. The lowest BCUT2D eigenvalue weighted by Gasteiger charge is -2.24. The zero-order chi connectivity index (χ0) is 25.6. The molecule has 6 nitrogen and oxygen atoms in total. The van der Waals surface area contributed by atoms with E-state index < -0.39 is 52.0 Å². The summed E-state index contributed by atoms with van der Waals surface area (Å²) in [6.45, 7) is 0.919. The van der Waals surface area contributed by atoms with Gasteiger partial charge in [0.2, 0.25) is 10.0 Å². The number of alkyl halides is 6. The number of benzene rings is 2. The molecule has 2 aromatic rings. The fraction of sp³-hybridized carbons (Fsp3) is 0.429. The summed E-state index contributed by atoms with van der Waals surface area (Å²) >= 11 is 0. The molecule has 0 aliphatic rings. The number of likely N-dealkylation sites (N-methyl/N-ethyl adjacent to an activating group) is 1. The summed E-state index contributed by atoms with van der Waals surface area (Å²) in [4.78, 5) is 1.11. The molecule has 0 aliphatic heterocycles.